The Bertz CT molecular complexity index is 665. The lowest BCUT2D eigenvalue weighted by atomic mass is 9.89. The maximum atomic E-state index is 12.8. The molecule has 0 aromatic heterocycles. The molecule has 1 atom stereocenters. The standard InChI is InChI=1S/C18H20F3NO2/c1-12-4-5-15(18(19,20)21)10-13(12)11-22-16(23)17(14-6-7-14)8-2-3-9-24-17/h3-5,9-10,14H,2,6-8,11H2,1H3,(H,22,23)/t17-/m0/s1. The highest BCUT2D eigenvalue weighted by atomic mass is 19.4. The number of alkyl halides is 3. The second-order valence-electron chi connectivity index (χ2n) is 6.51. The van der Waals surface area contributed by atoms with Crippen LogP contribution >= 0.6 is 0 Å². The zero-order chi connectivity index (χ0) is 17.4. The summed E-state index contributed by atoms with van der Waals surface area (Å²) >= 11 is 0. The van der Waals surface area contributed by atoms with Gasteiger partial charge in [-0.05, 0) is 55.5 Å². The quantitative estimate of drug-likeness (QED) is 0.897. The molecule has 1 aliphatic heterocycles. The van der Waals surface area contributed by atoms with Gasteiger partial charge < -0.3 is 10.1 Å². The predicted octanol–water partition coefficient (Wildman–Crippen LogP) is 4.10. The van der Waals surface area contributed by atoms with E-state index >= 15 is 0 Å². The fourth-order valence-electron chi connectivity index (χ4n) is 3.16. The van der Waals surface area contributed by atoms with Gasteiger partial charge in [-0.1, -0.05) is 6.07 Å². The topological polar surface area (TPSA) is 38.3 Å². The number of carbonyl (C=O) groups is 1. The first-order valence-electron chi connectivity index (χ1n) is 8.11. The fraction of sp³-hybridized carbons (Fsp3) is 0.500. The smallest absolute Gasteiger partial charge is 0.416 e. The number of hydrogen-bond donors (Lipinski definition) is 1. The maximum absolute atomic E-state index is 12.8. The van der Waals surface area contributed by atoms with Crippen molar-refractivity contribution >= 4 is 5.91 Å². The van der Waals surface area contributed by atoms with Gasteiger partial charge in [0.1, 0.15) is 0 Å². The number of nitrogens with one attached hydrogen (secondary N) is 1. The van der Waals surface area contributed by atoms with Crippen LogP contribution in [0.1, 0.15) is 42.4 Å². The van der Waals surface area contributed by atoms with Gasteiger partial charge in [-0.3, -0.25) is 4.79 Å². The Morgan fingerprint density at radius 3 is 2.71 bits per heavy atom. The van der Waals surface area contributed by atoms with Crippen LogP contribution in [0, 0.1) is 12.8 Å². The van der Waals surface area contributed by atoms with Crippen molar-refractivity contribution in [2.75, 3.05) is 0 Å². The highest BCUT2D eigenvalue weighted by Gasteiger charge is 2.52. The van der Waals surface area contributed by atoms with E-state index < -0.39 is 17.3 Å². The molecule has 1 amide bonds. The lowest BCUT2D eigenvalue weighted by Gasteiger charge is -2.34. The first-order chi connectivity index (χ1) is 11.3. The van der Waals surface area contributed by atoms with E-state index in [1.807, 2.05) is 6.08 Å². The summed E-state index contributed by atoms with van der Waals surface area (Å²) < 4.78 is 44.2. The van der Waals surface area contributed by atoms with E-state index in [-0.39, 0.29) is 18.4 Å². The minimum Gasteiger partial charge on any atom is -0.485 e. The molecular formula is C18H20F3NO2. The van der Waals surface area contributed by atoms with E-state index in [0.717, 1.165) is 31.4 Å². The van der Waals surface area contributed by atoms with E-state index in [2.05, 4.69) is 5.32 Å². The van der Waals surface area contributed by atoms with Gasteiger partial charge in [-0.25, -0.2) is 0 Å². The largest absolute Gasteiger partial charge is 0.485 e. The Hall–Kier alpha value is -1.98. The van der Waals surface area contributed by atoms with Gasteiger partial charge in [0.25, 0.3) is 5.91 Å². The summed E-state index contributed by atoms with van der Waals surface area (Å²) in [4.78, 5) is 12.7. The lowest BCUT2D eigenvalue weighted by Crippen LogP contribution is -2.50. The number of amides is 1. The molecule has 6 heteroatoms. The van der Waals surface area contributed by atoms with Crippen molar-refractivity contribution in [1.82, 2.24) is 5.32 Å². The van der Waals surface area contributed by atoms with Gasteiger partial charge in [-0.15, -0.1) is 0 Å². The Morgan fingerprint density at radius 1 is 1.38 bits per heavy atom. The highest BCUT2D eigenvalue weighted by Crippen LogP contribution is 2.46. The molecule has 3 rings (SSSR count). The monoisotopic (exact) mass is 339 g/mol. The van der Waals surface area contributed by atoms with Crippen LogP contribution in [0.25, 0.3) is 0 Å². The number of hydrogen-bond acceptors (Lipinski definition) is 2. The molecule has 0 bridgehead atoms. The molecule has 0 saturated heterocycles. The summed E-state index contributed by atoms with van der Waals surface area (Å²) in [5, 5.41) is 2.79. The lowest BCUT2D eigenvalue weighted by molar-refractivity contribution is -0.145. The van der Waals surface area contributed by atoms with Crippen LogP contribution in [-0.2, 0) is 22.3 Å². The van der Waals surface area contributed by atoms with Crippen molar-refractivity contribution in [1.29, 1.82) is 0 Å². The highest BCUT2D eigenvalue weighted by molar-refractivity contribution is 5.86. The van der Waals surface area contributed by atoms with E-state index in [0.29, 0.717) is 17.5 Å². The normalized spacial score (nSPS) is 23.7. The van der Waals surface area contributed by atoms with Crippen molar-refractivity contribution in [3.05, 3.63) is 47.2 Å². The van der Waals surface area contributed by atoms with Crippen molar-refractivity contribution in [3.63, 3.8) is 0 Å². The molecule has 24 heavy (non-hydrogen) atoms. The maximum Gasteiger partial charge on any atom is 0.416 e. The minimum atomic E-state index is -4.39. The summed E-state index contributed by atoms with van der Waals surface area (Å²) in [6.45, 7) is 1.80. The molecule has 1 saturated carbocycles. The number of rotatable bonds is 4. The fourth-order valence-corrected chi connectivity index (χ4v) is 3.16. The Labute approximate surface area is 138 Å². The van der Waals surface area contributed by atoms with E-state index in [1.54, 1.807) is 13.2 Å². The molecule has 0 radical (unpaired) electrons. The minimum absolute atomic E-state index is 0.0656. The van der Waals surface area contributed by atoms with Crippen molar-refractivity contribution < 1.29 is 22.7 Å². The second kappa shape index (κ2) is 6.15. The van der Waals surface area contributed by atoms with Gasteiger partial charge in [0.15, 0.2) is 5.60 Å². The third-order valence-electron chi connectivity index (χ3n) is 4.79. The molecular weight excluding hydrogens is 319 g/mol. The summed E-state index contributed by atoms with van der Waals surface area (Å²) in [7, 11) is 0. The van der Waals surface area contributed by atoms with Crippen LogP contribution < -0.4 is 5.32 Å². The van der Waals surface area contributed by atoms with Gasteiger partial charge in [0.05, 0.1) is 11.8 Å². The molecule has 2 aliphatic rings. The van der Waals surface area contributed by atoms with Gasteiger partial charge in [0, 0.05) is 18.9 Å². The molecule has 1 fully saturated rings. The Kier molecular flexibility index (Phi) is 4.32. The number of carbonyl (C=O) groups excluding carboxylic acids is 1. The van der Waals surface area contributed by atoms with Crippen LogP contribution in [0.5, 0.6) is 0 Å². The van der Waals surface area contributed by atoms with Crippen LogP contribution in [-0.4, -0.2) is 11.5 Å². The predicted molar refractivity (Wildman–Crippen MR) is 82.9 cm³/mol. The van der Waals surface area contributed by atoms with Crippen molar-refractivity contribution in [2.24, 2.45) is 5.92 Å². The van der Waals surface area contributed by atoms with Crippen molar-refractivity contribution in [3.8, 4) is 0 Å². The van der Waals surface area contributed by atoms with E-state index in [9.17, 15) is 18.0 Å². The third kappa shape index (κ3) is 3.28. The number of benzene rings is 1. The first kappa shape index (κ1) is 16.9. The van der Waals surface area contributed by atoms with Crippen LogP contribution in [0.3, 0.4) is 0 Å². The summed E-state index contributed by atoms with van der Waals surface area (Å²) in [5.41, 5.74) is -0.376. The zero-order valence-electron chi connectivity index (χ0n) is 13.5. The van der Waals surface area contributed by atoms with E-state index in [4.69, 9.17) is 4.74 Å². The molecule has 0 spiro atoms. The molecule has 1 aromatic carbocycles. The van der Waals surface area contributed by atoms with Gasteiger partial charge >= 0.3 is 6.18 Å². The summed E-state index contributed by atoms with van der Waals surface area (Å²) in [6, 6.07) is 3.59. The van der Waals surface area contributed by atoms with Crippen LogP contribution in [0.4, 0.5) is 13.2 Å². The SMILES string of the molecule is Cc1ccc(C(F)(F)F)cc1CNC(=O)[C@@]1(C2CC2)CCC=CO1. The summed E-state index contributed by atoms with van der Waals surface area (Å²) in [6.07, 6.45) is 2.34. The third-order valence-corrected chi connectivity index (χ3v) is 4.79. The molecule has 0 unspecified atom stereocenters. The average Bonchev–Trinajstić information content (AvgIpc) is 3.38. The second-order valence-corrected chi connectivity index (χ2v) is 6.51. The molecule has 1 N–H and O–H groups in total. The number of ether oxygens (including phenoxy) is 1. The van der Waals surface area contributed by atoms with Gasteiger partial charge in [0.2, 0.25) is 0 Å². The molecule has 3 nitrogen and oxygen atoms in total. The van der Waals surface area contributed by atoms with Crippen molar-refractivity contribution in [2.45, 2.75) is 50.9 Å². The molecule has 1 aliphatic carbocycles. The Balaban J connectivity index is 1.73. The first-order valence-corrected chi connectivity index (χ1v) is 8.11. The average molecular weight is 339 g/mol. The van der Waals surface area contributed by atoms with Gasteiger partial charge in [-0.2, -0.15) is 13.2 Å². The number of allylic oxidation sites excluding steroid dienone is 1. The Morgan fingerprint density at radius 2 is 2.12 bits per heavy atom. The zero-order valence-corrected chi connectivity index (χ0v) is 13.5. The molecule has 1 aromatic rings. The van der Waals surface area contributed by atoms with Crippen LogP contribution in [0.2, 0.25) is 0 Å². The summed E-state index contributed by atoms with van der Waals surface area (Å²) in [5.74, 6) is -0.0313. The molecule has 1 heterocycles. The number of aryl methyl sites for hydroxylation is 1. The van der Waals surface area contributed by atoms with E-state index in [1.165, 1.54) is 6.07 Å². The molecule has 130 valence electrons. The van der Waals surface area contributed by atoms with Crippen LogP contribution in [0.15, 0.2) is 30.5 Å². The number of halogens is 3.